The Morgan fingerprint density at radius 3 is 2.69 bits per heavy atom. The number of aromatic nitrogens is 6. The lowest BCUT2D eigenvalue weighted by Crippen LogP contribution is -2.03. The number of benzene rings is 2. The van der Waals surface area contributed by atoms with E-state index >= 15 is 0 Å². The average Bonchev–Trinajstić information content (AvgIpc) is 3.41. The van der Waals surface area contributed by atoms with Gasteiger partial charge in [0.25, 0.3) is 0 Å². The number of rotatable bonds is 4. The second kappa shape index (κ2) is 7.02. The molecule has 7 nitrogen and oxygen atoms in total. The Kier molecular flexibility index (Phi) is 4.21. The first-order chi connectivity index (χ1) is 14.2. The summed E-state index contributed by atoms with van der Waals surface area (Å²) < 4.78 is 18.8. The van der Waals surface area contributed by atoms with Gasteiger partial charge < -0.3 is 4.74 Å². The number of ether oxygens (including phenoxy) is 1. The molecule has 29 heavy (non-hydrogen) atoms. The van der Waals surface area contributed by atoms with Crippen molar-refractivity contribution in [2.24, 2.45) is 0 Å². The van der Waals surface area contributed by atoms with Crippen LogP contribution in [0.3, 0.4) is 0 Å². The first-order valence-corrected chi connectivity index (χ1v) is 9.54. The van der Waals surface area contributed by atoms with Crippen LogP contribution in [0.25, 0.3) is 38.5 Å². The van der Waals surface area contributed by atoms with E-state index in [2.05, 4.69) is 25.4 Å². The predicted molar refractivity (Wildman–Crippen MR) is 108 cm³/mol. The topological polar surface area (TPSA) is 78.6 Å². The average molecular weight is 404 g/mol. The van der Waals surface area contributed by atoms with Crippen LogP contribution in [-0.4, -0.2) is 37.3 Å². The van der Waals surface area contributed by atoms with Gasteiger partial charge in [-0.2, -0.15) is 0 Å². The van der Waals surface area contributed by atoms with Gasteiger partial charge in [-0.1, -0.05) is 24.3 Å². The van der Waals surface area contributed by atoms with Crippen LogP contribution >= 0.6 is 11.3 Å². The van der Waals surface area contributed by atoms with E-state index < -0.39 is 0 Å². The highest BCUT2D eigenvalue weighted by Crippen LogP contribution is 2.36. The summed E-state index contributed by atoms with van der Waals surface area (Å²) in [6.45, 7) is 0. The summed E-state index contributed by atoms with van der Waals surface area (Å²) in [5, 5.41) is 15.4. The minimum Gasteiger partial charge on any atom is -0.497 e. The van der Waals surface area contributed by atoms with Crippen LogP contribution in [0.5, 0.6) is 5.75 Å². The molecule has 0 aliphatic rings. The van der Waals surface area contributed by atoms with E-state index in [1.54, 1.807) is 19.2 Å². The van der Waals surface area contributed by atoms with Crippen molar-refractivity contribution in [3.05, 3.63) is 66.1 Å². The van der Waals surface area contributed by atoms with Crippen LogP contribution in [0.1, 0.15) is 0 Å². The Hall–Kier alpha value is -3.72. The molecule has 0 amide bonds. The van der Waals surface area contributed by atoms with Crippen LogP contribution in [0.4, 0.5) is 4.39 Å². The lowest BCUT2D eigenvalue weighted by atomic mass is 10.1. The monoisotopic (exact) mass is 404 g/mol. The van der Waals surface area contributed by atoms with Crippen molar-refractivity contribution in [2.75, 3.05) is 7.11 Å². The van der Waals surface area contributed by atoms with Crippen molar-refractivity contribution in [1.29, 1.82) is 0 Å². The molecule has 0 unspecified atom stereocenters. The summed E-state index contributed by atoms with van der Waals surface area (Å²) in [7, 11) is 1.63. The van der Waals surface area contributed by atoms with Crippen molar-refractivity contribution in [3.63, 3.8) is 0 Å². The van der Waals surface area contributed by atoms with Gasteiger partial charge in [0.05, 0.1) is 12.5 Å². The third-order valence-electron chi connectivity index (χ3n) is 4.44. The van der Waals surface area contributed by atoms with Crippen LogP contribution in [0.15, 0.2) is 60.2 Å². The second-order valence-corrected chi connectivity index (χ2v) is 7.03. The van der Waals surface area contributed by atoms with Gasteiger partial charge in [-0.05, 0) is 35.0 Å². The quantitative estimate of drug-likeness (QED) is 0.448. The Labute approximate surface area is 168 Å². The lowest BCUT2D eigenvalue weighted by molar-refractivity contribution is 0.415. The highest BCUT2D eigenvalue weighted by atomic mass is 32.1. The number of thiophene rings is 1. The summed E-state index contributed by atoms with van der Waals surface area (Å²) >= 11 is 1.51. The van der Waals surface area contributed by atoms with E-state index in [0.717, 1.165) is 27.1 Å². The van der Waals surface area contributed by atoms with Crippen molar-refractivity contribution in [2.45, 2.75) is 0 Å². The zero-order valence-electron chi connectivity index (χ0n) is 15.2. The van der Waals surface area contributed by atoms with Gasteiger partial charge in [0.2, 0.25) is 5.82 Å². The third kappa shape index (κ3) is 3.11. The van der Waals surface area contributed by atoms with E-state index in [1.165, 1.54) is 34.6 Å². The maximum Gasteiger partial charge on any atom is 0.205 e. The van der Waals surface area contributed by atoms with Gasteiger partial charge in [0.1, 0.15) is 22.7 Å². The SMILES string of the molecule is COc1ccc(-c2csc3ncnc(-n4nnc(-c5cccc(F)c5)n4)c23)cc1. The molecule has 3 heterocycles. The van der Waals surface area contributed by atoms with Gasteiger partial charge in [-0.25, -0.2) is 14.4 Å². The number of hydrogen-bond donors (Lipinski definition) is 0. The fourth-order valence-corrected chi connectivity index (χ4v) is 3.95. The highest BCUT2D eigenvalue weighted by molar-refractivity contribution is 7.17. The minimum atomic E-state index is -0.358. The molecule has 5 aromatic rings. The molecule has 0 atom stereocenters. The number of halogens is 1. The highest BCUT2D eigenvalue weighted by Gasteiger charge is 2.17. The van der Waals surface area contributed by atoms with E-state index in [4.69, 9.17) is 4.74 Å². The van der Waals surface area contributed by atoms with E-state index in [9.17, 15) is 4.39 Å². The molecule has 0 N–H and O–H groups in total. The van der Waals surface area contributed by atoms with Crippen LogP contribution < -0.4 is 4.74 Å². The zero-order valence-corrected chi connectivity index (χ0v) is 16.0. The molecule has 142 valence electrons. The molecule has 0 saturated heterocycles. The fourth-order valence-electron chi connectivity index (χ4n) is 3.04. The van der Waals surface area contributed by atoms with Gasteiger partial charge in [0.15, 0.2) is 5.82 Å². The normalized spacial score (nSPS) is 11.1. The lowest BCUT2D eigenvalue weighted by Gasteiger charge is -2.05. The summed E-state index contributed by atoms with van der Waals surface area (Å²) in [5.74, 6) is 1.25. The standard InChI is InChI=1S/C20H13FN6OS/c1-28-15-7-5-12(6-8-15)16-10-29-20-17(16)19(22-11-23-20)27-25-18(24-26-27)13-3-2-4-14(21)9-13/h2-11H,1H3. The van der Waals surface area contributed by atoms with Crippen LogP contribution in [-0.2, 0) is 0 Å². The first kappa shape index (κ1) is 17.4. The van der Waals surface area contributed by atoms with Crippen LogP contribution in [0.2, 0.25) is 0 Å². The molecule has 3 aromatic heterocycles. The van der Waals surface area contributed by atoms with Crippen molar-refractivity contribution >= 4 is 21.6 Å². The molecule has 0 aliphatic heterocycles. The van der Waals surface area contributed by atoms with Gasteiger partial charge >= 0.3 is 0 Å². The molecule has 0 fully saturated rings. The van der Waals surface area contributed by atoms with E-state index in [-0.39, 0.29) is 5.82 Å². The fraction of sp³-hybridized carbons (Fsp3) is 0.0500. The Balaban J connectivity index is 1.63. The van der Waals surface area contributed by atoms with E-state index in [0.29, 0.717) is 17.2 Å². The predicted octanol–water partition coefficient (Wildman–Crippen LogP) is 4.15. The van der Waals surface area contributed by atoms with Crippen LogP contribution in [0, 0.1) is 5.82 Å². The number of nitrogens with zero attached hydrogens (tertiary/aromatic N) is 6. The molecule has 0 aliphatic carbocycles. The Morgan fingerprint density at radius 2 is 1.90 bits per heavy atom. The largest absolute Gasteiger partial charge is 0.497 e. The summed E-state index contributed by atoms with van der Waals surface area (Å²) in [5.41, 5.74) is 2.51. The minimum absolute atomic E-state index is 0.317. The molecule has 9 heteroatoms. The molecular weight excluding hydrogens is 391 g/mol. The Bertz CT molecular complexity index is 1310. The first-order valence-electron chi connectivity index (χ1n) is 8.66. The molecule has 0 radical (unpaired) electrons. The summed E-state index contributed by atoms with van der Waals surface area (Å²) in [6.07, 6.45) is 1.47. The third-order valence-corrected chi connectivity index (χ3v) is 5.32. The molecule has 0 bridgehead atoms. The number of tetrazole rings is 1. The molecule has 5 rings (SSSR count). The van der Waals surface area contributed by atoms with Gasteiger partial charge in [0, 0.05) is 16.5 Å². The van der Waals surface area contributed by atoms with E-state index in [1.807, 2.05) is 29.6 Å². The summed E-state index contributed by atoms with van der Waals surface area (Å²) in [6, 6.07) is 13.8. The molecular formula is C20H13FN6OS. The number of hydrogen-bond acceptors (Lipinski definition) is 7. The summed E-state index contributed by atoms with van der Waals surface area (Å²) in [4.78, 5) is 10.9. The number of methoxy groups -OCH3 is 1. The van der Waals surface area contributed by atoms with Crippen molar-refractivity contribution in [3.8, 4) is 34.1 Å². The van der Waals surface area contributed by atoms with Crippen molar-refractivity contribution in [1.82, 2.24) is 30.2 Å². The van der Waals surface area contributed by atoms with Gasteiger partial charge in [-0.3, -0.25) is 0 Å². The smallest absolute Gasteiger partial charge is 0.205 e. The molecule has 2 aromatic carbocycles. The maximum atomic E-state index is 13.5. The Morgan fingerprint density at radius 1 is 1.03 bits per heavy atom. The zero-order chi connectivity index (χ0) is 19.8. The maximum absolute atomic E-state index is 13.5. The second-order valence-electron chi connectivity index (χ2n) is 6.17. The molecule has 0 saturated carbocycles. The van der Waals surface area contributed by atoms with Crippen molar-refractivity contribution < 1.29 is 9.13 Å². The molecule has 0 spiro atoms. The number of fused-ring (bicyclic) bond motifs is 1. The van der Waals surface area contributed by atoms with Gasteiger partial charge in [-0.15, -0.1) is 26.3 Å².